The van der Waals surface area contributed by atoms with Gasteiger partial charge in [0.25, 0.3) is 0 Å². The van der Waals surface area contributed by atoms with Crippen molar-refractivity contribution in [3.05, 3.63) is 33.3 Å². The Labute approximate surface area is 142 Å². The van der Waals surface area contributed by atoms with Crippen molar-refractivity contribution in [2.75, 3.05) is 0 Å². The van der Waals surface area contributed by atoms with Crippen LogP contribution in [0.15, 0.2) is 22.7 Å². The number of rotatable bonds is 11. The first-order chi connectivity index (χ1) is 10.2. The van der Waals surface area contributed by atoms with Gasteiger partial charge in [-0.05, 0) is 40.0 Å². The van der Waals surface area contributed by atoms with Crippen LogP contribution in [0, 0.1) is 0 Å². The summed E-state index contributed by atoms with van der Waals surface area (Å²) in [6.45, 7) is 2.26. The van der Waals surface area contributed by atoms with Gasteiger partial charge in [-0.2, -0.15) is 0 Å². The molecule has 2 nitrogen and oxygen atoms in total. The number of unbranched alkanes of at least 4 members (excludes halogenated alkanes) is 7. The molecule has 0 aliphatic heterocycles. The number of hydrazine groups is 1. The second-order valence-corrected chi connectivity index (χ2v) is 6.92. The number of nitrogens with one attached hydrogen (secondary N) is 1. The van der Waals surface area contributed by atoms with Crippen LogP contribution in [0.5, 0.6) is 0 Å². The van der Waals surface area contributed by atoms with E-state index in [4.69, 9.17) is 17.4 Å². The summed E-state index contributed by atoms with van der Waals surface area (Å²) >= 11 is 9.49. The maximum Gasteiger partial charge on any atom is 0.0548 e. The molecule has 1 aromatic rings. The first-order valence-corrected chi connectivity index (χ1v) is 9.27. The molecule has 0 saturated carbocycles. The molecule has 0 aromatic heterocycles. The smallest absolute Gasteiger partial charge is 0.0548 e. The van der Waals surface area contributed by atoms with E-state index >= 15 is 0 Å². The van der Waals surface area contributed by atoms with Gasteiger partial charge in [-0.1, -0.05) is 76.0 Å². The highest BCUT2D eigenvalue weighted by molar-refractivity contribution is 9.10. The van der Waals surface area contributed by atoms with Crippen LogP contribution in [0.4, 0.5) is 0 Å². The van der Waals surface area contributed by atoms with Gasteiger partial charge in [-0.15, -0.1) is 0 Å². The van der Waals surface area contributed by atoms with E-state index in [2.05, 4.69) is 34.3 Å². The second-order valence-electron chi connectivity index (χ2n) is 5.66. The van der Waals surface area contributed by atoms with Crippen molar-refractivity contribution in [1.29, 1.82) is 0 Å². The predicted octanol–water partition coefficient (Wildman–Crippen LogP) is 6.14. The standard InChI is InChI=1S/C17H28BrClN2/c1-2-3-4-5-6-7-8-9-10-17(21-20)14-11-12-16(19)15(18)13-14/h11-13,17,21H,2-10,20H2,1H3. The molecule has 0 fully saturated rings. The average Bonchev–Trinajstić information content (AvgIpc) is 2.49. The molecule has 0 spiro atoms. The fourth-order valence-corrected chi connectivity index (χ4v) is 3.07. The van der Waals surface area contributed by atoms with Gasteiger partial charge in [0.15, 0.2) is 0 Å². The minimum Gasteiger partial charge on any atom is -0.271 e. The molecule has 21 heavy (non-hydrogen) atoms. The number of hydrogen-bond acceptors (Lipinski definition) is 2. The third-order valence-corrected chi connectivity index (χ3v) is 5.11. The summed E-state index contributed by atoms with van der Waals surface area (Å²) in [6, 6.07) is 6.22. The van der Waals surface area contributed by atoms with E-state index in [1.807, 2.05) is 12.1 Å². The van der Waals surface area contributed by atoms with E-state index < -0.39 is 0 Å². The van der Waals surface area contributed by atoms with Crippen molar-refractivity contribution >= 4 is 27.5 Å². The second kappa shape index (κ2) is 11.5. The van der Waals surface area contributed by atoms with Crippen molar-refractivity contribution in [3.63, 3.8) is 0 Å². The van der Waals surface area contributed by atoms with Crippen LogP contribution in [0.1, 0.15) is 76.3 Å². The highest BCUT2D eigenvalue weighted by Crippen LogP contribution is 2.28. The van der Waals surface area contributed by atoms with E-state index in [1.165, 1.54) is 56.9 Å². The lowest BCUT2D eigenvalue weighted by atomic mass is 10.00. The Morgan fingerprint density at radius 1 is 1.10 bits per heavy atom. The summed E-state index contributed by atoms with van der Waals surface area (Å²) in [5.74, 6) is 5.69. The van der Waals surface area contributed by atoms with Crippen molar-refractivity contribution in [1.82, 2.24) is 5.43 Å². The number of nitrogens with two attached hydrogens (primary N) is 1. The number of hydrogen-bond donors (Lipinski definition) is 2. The molecule has 1 rings (SSSR count). The Balaban J connectivity index is 2.23. The Bertz CT molecular complexity index is 398. The Hall–Kier alpha value is -0.0900. The maximum atomic E-state index is 6.03. The van der Waals surface area contributed by atoms with Gasteiger partial charge in [-0.25, -0.2) is 0 Å². The van der Waals surface area contributed by atoms with Gasteiger partial charge in [0.1, 0.15) is 0 Å². The van der Waals surface area contributed by atoms with Crippen LogP contribution in [-0.4, -0.2) is 0 Å². The molecule has 0 bridgehead atoms. The molecule has 1 aromatic carbocycles. The zero-order valence-electron chi connectivity index (χ0n) is 13.0. The molecule has 0 aliphatic rings. The number of benzene rings is 1. The quantitative estimate of drug-likeness (QED) is 0.277. The Kier molecular flexibility index (Phi) is 10.4. The minimum atomic E-state index is 0.207. The number of halogens is 2. The SMILES string of the molecule is CCCCCCCCCCC(NN)c1ccc(Cl)c(Br)c1. The van der Waals surface area contributed by atoms with Crippen molar-refractivity contribution in [2.24, 2.45) is 5.84 Å². The first-order valence-electron chi connectivity index (χ1n) is 8.10. The molecule has 120 valence electrons. The van der Waals surface area contributed by atoms with Crippen molar-refractivity contribution < 1.29 is 0 Å². The summed E-state index contributed by atoms with van der Waals surface area (Å²) in [6.07, 6.45) is 11.8. The molecule has 1 unspecified atom stereocenters. The van der Waals surface area contributed by atoms with Gasteiger partial charge in [0.2, 0.25) is 0 Å². The molecule has 0 amide bonds. The summed E-state index contributed by atoms with van der Waals surface area (Å²) in [7, 11) is 0. The van der Waals surface area contributed by atoms with Gasteiger partial charge < -0.3 is 0 Å². The summed E-state index contributed by atoms with van der Waals surface area (Å²) in [5.41, 5.74) is 4.11. The zero-order valence-corrected chi connectivity index (χ0v) is 15.3. The molecule has 0 heterocycles. The van der Waals surface area contributed by atoms with Gasteiger partial charge in [-0.3, -0.25) is 11.3 Å². The Morgan fingerprint density at radius 2 is 1.71 bits per heavy atom. The fraction of sp³-hybridized carbons (Fsp3) is 0.647. The molecular weight excluding hydrogens is 348 g/mol. The largest absolute Gasteiger partial charge is 0.271 e. The fourth-order valence-electron chi connectivity index (χ4n) is 2.56. The van der Waals surface area contributed by atoms with Gasteiger partial charge in [0.05, 0.1) is 5.02 Å². The Morgan fingerprint density at radius 3 is 2.29 bits per heavy atom. The van der Waals surface area contributed by atoms with E-state index in [0.29, 0.717) is 0 Å². The van der Waals surface area contributed by atoms with Crippen LogP contribution in [-0.2, 0) is 0 Å². The van der Waals surface area contributed by atoms with Crippen LogP contribution >= 0.6 is 27.5 Å². The van der Waals surface area contributed by atoms with Crippen LogP contribution in [0.3, 0.4) is 0 Å². The van der Waals surface area contributed by atoms with Gasteiger partial charge >= 0.3 is 0 Å². The molecule has 4 heteroatoms. The monoisotopic (exact) mass is 374 g/mol. The highest BCUT2D eigenvalue weighted by Gasteiger charge is 2.10. The lowest BCUT2D eigenvalue weighted by Crippen LogP contribution is -2.28. The van der Waals surface area contributed by atoms with Crippen LogP contribution in [0.2, 0.25) is 5.02 Å². The zero-order chi connectivity index (χ0) is 15.5. The molecule has 3 N–H and O–H groups in total. The average molecular weight is 376 g/mol. The van der Waals surface area contributed by atoms with Crippen LogP contribution in [0.25, 0.3) is 0 Å². The molecule has 0 saturated heterocycles. The molecular formula is C17H28BrClN2. The van der Waals surface area contributed by atoms with E-state index in [1.54, 1.807) is 0 Å². The lowest BCUT2D eigenvalue weighted by Gasteiger charge is -2.17. The lowest BCUT2D eigenvalue weighted by molar-refractivity contribution is 0.475. The van der Waals surface area contributed by atoms with Crippen molar-refractivity contribution in [2.45, 2.75) is 70.8 Å². The van der Waals surface area contributed by atoms with E-state index in [-0.39, 0.29) is 6.04 Å². The normalized spacial score (nSPS) is 12.6. The first kappa shape index (κ1) is 19.0. The third-order valence-electron chi connectivity index (χ3n) is 3.89. The minimum absolute atomic E-state index is 0.207. The predicted molar refractivity (Wildman–Crippen MR) is 96.4 cm³/mol. The topological polar surface area (TPSA) is 38.0 Å². The van der Waals surface area contributed by atoms with E-state index in [9.17, 15) is 0 Å². The van der Waals surface area contributed by atoms with Gasteiger partial charge in [0, 0.05) is 10.5 Å². The molecule has 1 atom stereocenters. The maximum absolute atomic E-state index is 6.03. The summed E-state index contributed by atoms with van der Waals surface area (Å²) in [4.78, 5) is 0. The highest BCUT2D eigenvalue weighted by atomic mass is 79.9. The van der Waals surface area contributed by atoms with Crippen LogP contribution < -0.4 is 11.3 Å². The van der Waals surface area contributed by atoms with E-state index in [0.717, 1.165) is 15.9 Å². The van der Waals surface area contributed by atoms with Crippen molar-refractivity contribution in [3.8, 4) is 0 Å². The summed E-state index contributed by atoms with van der Waals surface area (Å²) in [5, 5.41) is 0.738. The summed E-state index contributed by atoms with van der Waals surface area (Å²) < 4.78 is 0.929. The molecule has 0 aliphatic carbocycles. The third kappa shape index (κ3) is 7.64. The molecule has 0 radical (unpaired) electrons.